The number of benzene rings is 1. The highest BCUT2D eigenvalue weighted by atomic mass is 35.5. The lowest BCUT2D eigenvalue weighted by Crippen LogP contribution is -2.41. The van der Waals surface area contributed by atoms with Crippen molar-refractivity contribution in [2.75, 3.05) is 7.11 Å². The van der Waals surface area contributed by atoms with E-state index in [9.17, 15) is 9.59 Å². The molecule has 1 aromatic rings. The van der Waals surface area contributed by atoms with E-state index in [1.54, 1.807) is 24.3 Å². The van der Waals surface area contributed by atoms with Gasteiger partial charge in [-0.15, -0.1) is 0 Å². The van der Waals surface area contributed by atoms with Crippen molar-refractivity contribution in [3.8, 4) is 6.07 Å². The molecule has 1 aromatic carbocycles. The average Bonchev–Trinajstić information content (AvgIpc) is 2.43. The molecule has 0 aliphatic carbocycles. The number of hydrogen-bond donors (Lipinski definition) is 1. The maximum Gasteiger partial charge on any atom is 0.328 e. The van der Waals surface area contributed by atoms with Gasteiger partial charge in [-0.1, -0.05) is 11.6 Å². The van der Waals surface area contributed by atoms with E-state index in [4.69, 9.17) is 16.9 Å². The van der Waals surface area contributed by atoms with Crippen molar-refractivity contribution in [1.82, 2.24) is 5.32 Å². The van der Waals surface area contributed by atoms with Gasteiger partial charge in [0.1, 0.15) is 6.04 Å². The van der Waals surface area contributed by atoms with Crippen molar-refractivity contribution in [2.45, 2.75) is 18.9 Å². The third-order valence-corrected chi connectivity index (χ3v) is 2.69. The normalized spacial score (nSPS) is 11.2. The number of nitriles is 1. The number of ether oxygens (including phenoxy) is 1. The molecule has 0 saturated heterocycles. The predicted molar refractivity (Wildman–Crippen MR) is 69.6 cm³/mol. The van der Waals surface area contributed by atoms with Crippen molar-refractivity contribution in [3.05, 3.63) is 34.9 Å². The summed E-state index contributed by atoms with van der Waals surface area (Å²) in [7, 11) is 1.23. The molecule has 0 saturated carbocycles. The van der Waals surface area contributed by atoms with Gasteiger partial charge in [0.15, 0.2) is 0 Å². The second-order valence-electron chi connectivity index (χ2n) is 3.75. The number of hydrogen-bond acceptors (Lipinski definition) is 4. The lowest BCUT2D eigenvalue weighted by Gasteiger charge is -2.15. The lowest BCUT2D eigenvalue weighted by molar-refractivity contribution is -0.143. The Labute approximate surface area is 116 Å². The minimum absolute atomic E-state index is 0.153. The predicted octanol–water partition coefficient (Wildman–Crippen LogP) is 1.92. The van der Waals surface area contributed by atoms with Gasteiger partial charge in [-0.2, -0.15) is 5.26 Å². The Morgan fingerprint density at radius 2 is 2.05 bits per heavy atom. The molecule has 6 heteroatoms. The number of nitrogens with one attached hydrogen (secondary N) is 1. The van der Waals surface area contributed by atoms with E-state index in [1.165, 1.54) is 7.11 Å². The Morgan fingerprint density at radius 3 is 2.58 bits per heavy atom. The molecule has 0 aliphatic heterocycles. The molecule has 0 unspecified atom stereocenters. The monoisotopic (exact) mass is 280 g/mol. The van der Waals surface area contributed by atoms with Crippen LogP contribution < -0.4 is 5.32 Å². The second-order valence-corrected chi connectivity index (χ2v) is 4.19. The summed E-state index contributed by atoms with van der Waals surface area (Å²) in [5.41, 5.74) is 0.385. The minimum atomic E-state index is -0.826. The van der Waals surface area contributed by atoms with Gasteiger partial charge in [0.05, 0.1) is 13.2 Å². The minimum Gasteiger partial charge on any atom is -0.467 e. The Kier molecular flexibility index (Phi) is 5.83. The third kappa shape index (κ3) is 4.60. The van der Waals surface area contributed by atoms with Crippen molar-refractivity contribution >= 4 is 23.5 Å². The Bertz CT molecular complexity index is 494. The van der Waals surface area contributed by atoms with Gasteiger partial charge in [0.2, 0.25) is 0 Å². The molecular weight excluding hydrogens is 268 g/mol. The number of halogens is 1. The van der Waals surface area contributed by atoms with E-state index in [0.717, 1.165) is 0 Å². The summed E-state index contributed by atoms with van der Waals surface area (Å²) in [6, 6.07) is 7.36. The Hall–Kier alpha value is -2.06. The summed E-state index contributed by atoms with van der Waals surface area (Å²) in [5, 5.41) is 11.6. The molecule has 19 heavy (non-hydrogen) atoms. The number of nitrogens with zero attached hydrogens (tertiary/aromatic N) is 1. The first kappa shape index (κ1) is 15.0. The fourth-order valence-electron chi connectivity index (χ4n) is 1.44. The van der Waals surface area contributed by atoms with Crippen LogP contribution in [0.25, 0.3) is 0 Å². The standard InChI is InChI=1S/C13H13ClN2O3/c1-19-13(18)11(3-2-8-15)16-12(17)9-4-6-10(14)7-5-9/h4-7,11H,2-3H2,1H3,(H,16,17)/t11-/m0/s1. The highest BCUT2D eigenvalue weighted by molar-refractivity contribution is 6.30. The highest BCUT2D eigenvalue weighted by Crippen LogP contribution is 2.10. The van der Waals surface area contributed by atoms with Crippen molar-refractivity contribution in [2.24, 2.45) is 0 Å². The molecule has 0 aromatic heterocycles. The smallest absolute Gasteiger partial charge is 0.328 e. The summed E-state index contributed by atoms with van der Waals surface area (Å²) in [4.78, 5) is 23.4. The van der Waals surface area contributed by atoms with Crippen molar-refractivity contribution in [1.29, 1.82) is 5.26 Å². The summed E-state index contributed by atoms with van der Waals surface area (Å²) >= 11 is 5.72. The van der Waals surface area contributed by atoms with Crippen LogP contribution in [0.2, 0.25) is 5.02 Å². The van der Waals surface area contributed by atoms with Gasteiger partial charge < -0.3 is 10.1 Å². The molecule has 1 atom stereocenters. The van der Waals surface area contributed by atoms with Gasteiger partial charge in [0, 0.05) is 17.0 Å². The molecule has 1 rings (SSSR count). The number of rotatable bonds is 5. The van der Waals surface area contributed by atoms with Gasteiger partial charge in [0.25, 0.3) is 5.91 Å². The average molecular weight is 281 g/mol. The number of carbonyl (C=O) groups excluding carboxylic acids is 2. The maximum absolute atomic E-state index is 11.9. The molecule has 0 spiro atoms. The zero-order chi connectivity index (χ0) is 14.3. The Morgan fingerprint density at radius 1 is 1.42 bits per heavy atom. The van der Waals surface area contributed by atoms with Crippen LogP contribution in [-0.2, 0) is 9.53 Å². The highest BCUT2D eigenvalue weighted by Gasteiger charge is 2.21. The first-order valence-corrected chi connectivity index (χ1v) is 5.97. The third-order valence-electron chi connectivity index (χ3n) is 2.44. The SMILES string of the molecule is COC(=O)[C@H](CCC#N)NC(=O)c1ccc(Cl)cc1. The molecular formula is C13H13ClN2O3. The zero-order valence-electron chi connectivity index (χ0n) is 10.4. The van der Waals surface area contributed by atoms with Gasteiger partial charge >= 0.3 is 5.97 Å². The van der Waals surface area contributed by atoms with E-state index < -0.39 is 17.9 Å². The van der Waals surface area contributed by atoms with Crippen molar-refractivity contribution < 1.29 is 14.3 Å². The van der Waals surface area contributed by atoms with Crippen LogP contribution in [0.5, 0.6) is 0 Å². The summed E-state index contributed by atoms with van der Waals surface area (Å²) in [6.07, 6.45) is 0.364. The first-order chi connectivity index (χ1) is 9.08. The molecule has 0 aliphatic rings. The van der Waals surface area contributed by atoms with Gasteiger partial charge in [-0.25, -0.2) is 4.79 Å². The molecule has 100 valence electrons. The van der Waals surface area contributed by atoms with Gasteiger partial charge in [-0.3, -0.25) is 4.79 Å². The topological polar surface area (TPSA) is 79.2 Å². The summed E-state index contributed by atoms with van der Waals surface area (Å²) in [5.74, 6) is -0.984. The van der Waals surface area contributed by atoms with E-state index in [2.05, 4.69) is 10.1 Å². The van der Waals surface area contributed by atoms with Gasteiger partial charge in [-0.05, 0) is 30.7 Å². The fourth-order valence-corrected chi connectivity index (χ4v) is 1.57. The largest absolute Gasteiger partial charge is 0.467 e. The van der Waals surface area contributed by atoms with Crippen LogP contribution in [0.1, 0.15) is 23.2 Å². The zero-order valence-corrected chi connectivity index (χ0v) is 11.1. The number of amides is 1. The van der Waals surface area contributed by atoms with E-state index in [-0.39, 0.29) is 12.8 Å². The quantitative estimate of drug-likeness (QED) is 0.836. The number of esters is 1. The fraction of sp³-hybridized carbons (Fsp3) is 0.308. The number of methoxy groups -OCH3 is 1. The van der Waals surface area contributed by atoms with E-state index >= 15 is 0 Å². The summed E-state index contributed by atoms with van der Waals surface area (Å²) < 4.78 is 4.58. The van der Waals surface area contributed by atoms with Crippen LogP contribution in [0.3, 0.4) is 0 Å². The second kappa shape index (κ2) is 7.39. The molecule has 0 heterocycles. The van der Waals surface area contributed by atoms with Crippen LogP contribution in [0, 0.1) is 11.3 Å². The van der Waals surface area contributed by atoms with Crippen LogP contribution >= 0.6 is 11.6 Å². The number of carbonyl (C=O) groups is 2. The maximum atomic E-state index is 11.9. The van der Waals surface area contributed by atoms with E-state index in [0.29, 0.717) is 10.6 Å². The van der Waals surface area contributed by atoms with Crippen LogP contribution in [0.4, 0.5) is 0 Å². The summed E-state index contributed by atoms with van der Waals surface area (Å²) in [6.45, 7) is 0. The molecule has 0 fully saturated rings. The van der Waals surface area contributed by atoms with Crippen molar-refractivity contribution in [3.63, 3.8) is 0 Å². The molecule has 5 nitrogen and oxygen atoms in total. The Balaban J connectivity index is 2.73. The first-order valence-electron chi connectivity index (χ1n) is 5.59. The molecule has 1 N–H and O–H groups in total. The van der Waals surface area contributed by atoms with E-state index in [1.807, 2.05) is 6.07 Å². The lowest BCUT2D eigenvalue weighted by atomic mass is 10.1. The van der Waals surface area contributed by atoms with Crippen LogP contribution in [0.15, 0.2) is 24.3 Å². The molecule has 1 amide bonds. The van der Waals surface area contributed by atoms with Crippen LogP contribution in [-0.4, -0.2) is 25.0 Å². The molecule has 0 radical (unpaired) electrons. The molecule has 0 bridgehead atoms.